The number of nitrogens with zero attached hydrogens (tertiary/aromatic N) is 2. The van der Waals surface area contributed by atoms with Crippen LogP contribution in [0, 0.1) is 0 Å². The van der Waals surface area contributed by atoms with Crippen LogP contribution in [0.25, 0.3) is 0 Å². The summed E-state index contributed by atoms with van der Waals surface area (Å²) in [5, 5.41) is 0. The highest BCUT2D eigenvalue weighted by Crippen LogP contribution is 2.18. The van der Waals surface area contributed by atoms with Crippen molar-refractivity contribution in [1.82, 2.24) is 9.80 Å². The Hall–Kier alpha value is -0.123. The van der Waals surface area contributed by atoms with E-state index in [2.05, 4.69) is 57.0 Å². The molecule has 0 aliphatic heterocycles. The van der Waals surface area contributed by atoms with Crippen LogP contribution >= 0.6 is 0 Å². The van der Waals surface area contributed by atoms with Crippen molar-refractivity contribution in [3.63, 3.8) is 0 Å². The van der Waals surface area contributed by atoms with Gasteiger partial charge in [-0.25, -0.2) is 0 Å². The van der Waals surface area contributed by atoms with Crippen molar-refractivity contribution in [1.29, 1.82) is 0 Å². The van der Waals surface area contributed by atoms with Gasteiger partial charge in [-0.1, -0.05) is 46.2 Å². The Balaban J connectivity index is 5.13. The van der Waals surface area contributed by atoms with Crippen LogP contribution in [0.15, 0.2) is 11.3 Å². The van der Waals surface area contributed by atoms with Crippen LogP contribution in [0.4, 0.5) is 0 Å². The Kier molecular flexibility index (Phi) is 14.4. The third-order valence-corrected chi connectivity index (χ3v) is 5.74. The van der Waals surface area contributed by atoms with E-state index in [1.165, 1.54) is 64.3 Å². The lowest BCUT2D eigenvalue weighted by atomic mass is 10.1. The summed E-state index contributed by atoms with van der Waals surface area (Å²) in [6, 6.07) is 1.39. The van der Waals surface area contributed by atoms with Crippen LogP contribution in [0.3, 0.4) is 0 Å². The summed E-state index contributed by atoms with van der Waals surface area (Å²) in [4.78, 5) is 5.49. The molecule has 2 nitrogen and oxygen atoms in total. The Morgan fingerprint density at radius 2 is 1.23 bits per heavy atom. The van der Waals surface area contributed by atoms with E-state index in [1.54, 1.807) is 5.57 Å². The minimum Gasteiger partial charge on any atom is -0.288 e. The Labute approximate surface area is 143 Å². The van der Waals surface area contributed by atoms with Crippen LogP contribution in [-0.4, -0.2) is 51.7 Å². The maximum absolute atomic E-state index is 2.75. The van der Waals surface area contributed by atoms with Crippen molar-refractivity contribution in [3.8, 4) is 0 Å². The lowest BCUT2D eigenvalue weighted by molar-refractivity contribution is 0.0411. The maximum atomic E-state index is 2.75. The molecular weight excluding hydrogens is 284 g/mol. The van der Waals surface area contributed by atoms with E-state index in [1.807, 2.05) is 0 Å². The molecule has 0 aliphatic rings. The fourth-order valence-electron chi connectivity index (χ4n) is 3.22. The molecule has 0 aliphatic carbocycles. The number of rotatable bonds is 14. The first kappa shape index (κ1) is 21.9. The van der Waals surface area contributed by atoms with Gasteiger partial charge in [0.1, 0.15) is 0 Å². The third-order valence-electron chi connectivity index (χ3n) is 4.17. The minimum atomic E-state index is 0.0370. The van der Waals surface area contributed by atoms with Gasteiger partial charge in [0.25, 0.3) is 0 Å². The standard InChI is InChI=1S/C19H42N2Si/c1-7-12-20(13-8-2)19(16-18(6)17-22-11-5)21(14-9-3)15-10-4/h17,19H,7-16,22H2,1-6H3. The molecule has 0 unspecified atom stereocenters. The lowest BCUT2D eigenvalue weighted by Crippen LogP contribution is -2.49. The second-order valence-corrected chi connectivity index (χ2v) is 8.58. The molecule has 0 atom stereocenters. The first-order valence-corrected chi connectivity index (χ1v) is 11.6. The molecule has 0 heterocycles. The molecule has 0 aromatic rings. The van der Waals surface area contributed by atoms with Gasteiger partial charge in [0, 0.05) is 9.52 Å². The van der Waals surface area contributed by atoms with Gasteiger partial charge in [-0.2, -0.15) is 0 Å². The molecule has 0 spiro atoms. The first-order valence-electron chi connectivity index (χ1n) is 9.78. The van der Waals surface area contributed by atoms with Gasteiger partial charge in [-0.05, 0) is 65.2 Å². The van der Waals surface area contributed by atoms with Gasteiger partial charge < -0.3 is 0 Å². The van der Waals surface area contributed by atoms with Crippen molar-refractivity contribution in [2.45, 2.75) is 85.9 Å². The monoisotopic (exact) mass is 326 g/mol. The van der Waals surface area contributed by atoms with Crippen molar-refractivity contribution < 1.29 is 0 Å². The maximum Gasteiger partial charge on any atom is 0.0660 e. The highest BCUT2D eigenvalue weighted by Gasteiger charge is 2.23. The van der Waals surface area contributed by atoms with Gasteiger partial charge >= 0.3 is 0 Å². The van der Waals surface area contributed by atoms with Gasteiger partial charge in [0.05, 0.1) is 6.17 Å². The third kappa shape index (κ3) is 9.11. The Morgan fingerprint density at radius 1 is 0.818 bits per heavy atom. The summed E-state index contributed by atoms with van der Waals surface area (Å²) in [5.74, 6) is 0. The number of hydrogen-bond acceptors (Lipinski definition) is 2. The summed E-state index contributed by atoms with van der Waals surface area (Å²) in [5.41, 5.74) is 4.23. The molecule has 22 heavy (non-hydrogen) atoms. The summed E-state index contributed by atoms with van der Waals surface area (Å²) in [6.45, 7) is 18.9. The largest absolute Gasteiger partial charge is 0.288 e. The van der Waals surface area contributed by atoms with E-state index in [0.29, 0.717) is 6.17 Å². The van der Waals surface area contributed by atoms with Crippen molar-refractivity contribution >= 4 is 9.52 Å². The van der Waals surface area contributed by atoms with Gasteiger partial charge in [-0.3, -0.25) is 9.80 Å². The normalized spacial score (nSPS) is 13.4. The molecule has 0 radical (unpaired) electrons. The van der Waals surface area contributed by atoms with Crippen LogP contribution in [0.1, 0.15) is 73.6 Å². The van der Waals surface area contributed by atoms with Crippen molar-refractivity contribution in [2.24, 2.45) is 0 Å². The molecule has 0 aromatic heterocycles. The second kappa shape index (κ2) is 14.5. The first-order chi connectivity index (χ1) is 10.6. The van der Waals surface area contributed by atoms with Gasteiger partial charge in [-0.15, -0.1) is 5.70 Å². The molecular formula is C19H42N2Si. The SMILES string of the molecule is CCCN(CCC)C(CC(C)=C[SiH2]CC)N(CCC)CCC. The van der Waals surface area contributed by atoms with E-state index in [4.69, 9.17) is 0 Å². The van der Waals surface area contributed by atoms with Crippen LogP contribution < -0.4 is 0 Å². The van der Waals surface area contributed by atoms with Gasteiger partial charge in [0.15, 0.2) is 0 Å². The quantitative estimate of drug-likeness (QED) is 0.343. The van der Waals surface area contributed by atoms with Crippen LogP contribution in [0.2, 0.25) is 6.04 Å². The summed E-state index contributed by atoms with van der Waals surface area (Å²) in [6.07, 6.45) is 6.89. The van der Waals surface area contributed by atoms with Crippen LogP contribution in [-0.2, 0) is 0 Å². The molecule has 0 fully saturated rings. The average molecular weight is 327 g/mol. The molecule has 132 valence electrons. The molecule has 0 saturated carbocycles. The topological polar surface area (TPSA) is 6.48 Å². The summed E-state index contributed by atoms with van der Waals surface area (Å²) in [7, 11) is 0.0370. The molecule has 0 saturated heterocycles. The molecule has 0 N–H and O–H groups in total. The van der Waals surface area contributed by atoms with Crippen molar-refractivity contribution in [3.05, 3.63) is 11.3 Å². The Morgan fingerprint density at radius 3 is 1.55 bits per heavy atom. The zero-order valence-corrected chi connectivity index (χ0v) is 17.7. The van der Waals surface area contributed by atoms with Gasteiger partial charge in [0.2, 0.25) is 0 Å². The van der Waals surface area contributed by atoms with Crippen LogP contribution in [0.5, 0.6) is 0 Å². The lowest BCUT2D eigenvalue weighted by Gasteiger charge is -2.40. The minimum absolute atomic E-state index is 0.0370. The Bertz CT molecular complexity index is 251. The van der Waals surface area contributed by atoms with E-state index in [-0.39, 0.29) is 9.52 Å². The van der Waals surface area contributed by atoms with E-state index in [9.17, 15) is 0 Å². The van der Waals surface area contributed by atoms with E-state index < -0.39 is 0 Å². The number of hydrogen-bond donors (Lipinski definition) is 0. The average Bonchev–Trinajstić information content (AvgIpc) is 2.50. The predicted molar refractivity (Wildman–Crippen MR) is 105 cm³/mol. The molecule has 0 bridgehead atoms. The zero-order chi connectivity index (χ0) is 16.8. The molecule has 0 amide bonds. The smallest absolute Gasteiger partial charge is 0.0660 e. The fraction of sp³-hybridized carbons (Fsp3) is 0.895. The molecule has 0 aromatic carbocycles. The predicted octanol–water partition coefficient (Wildman–Crippen LogP) is 4.46. The van der Waals surface area contributed by atoms with E-state index in [0.717, 1.165) is 0 Å². The second-order valence-electron chi connectivity index (χ2n) is 6.60. The summed E-state index contributed by atoms with van der Waals surface area (Å²) < 4.78 is 0. The van der Waals surface area contributed by atoms with Crippen molar-refractivity contribution in [2.75, 3.05) is 26.2 Å². The zero-order valence-electron chi connectivity index (χ0n) is 16.3. The molecule has 0 rings (SSSR count). The summed E-state index contributed by atoms with van der Waals surface area (Å²) >= 11 is 0. The molecule has 3 heteroatoms. The highest BCUT2D eigenvalue weighted by molar-refractivity contribution is 6.42. The highest BCUT2D eigenvalue weighted by atomic mass is 28.2. The van der Waals surface area contributed by atoms with E-state index >= 15 is 0 Å². The fourth-order valence-corrected chi connectivity index (χ4v) is 4.17.